The number of aromatic amines is 1. The second-order valence-corrected chi connectivity index (χ2v) is 8.21. The number of nitrogens with zero attached hydrogens (tertiary/aromatic N) is 2. The molecule has 28 heavy (non-hydrogen) atoms. The van der Waals surface area contributed by atoms with Gasteiger partial charge in [-0.1, -0.05) is 24.3 Å². The van der Waals surface area contributed by atoms with Crippen LogP contribution in [0.3, 0.4) is 0 Å². The highest BCUT2D eigenvalue weighted by atomic mass is 32.1. The molecule has 1 fully saturated rings. The van der Waals surface area contributed by atoms with Crippen LogP contribution in [-0.2, 0) is 6.54 Å². The molecule has 0 bridgehead atoms. The summed E-state index contributed by atoms with van der Waals surface area (Å²) in [4.78, 5) is 12.3. The molecule has 0 radical (unpaired) electrons. The Balaban J connectivity index is 1.43. The SMILES string of the molecule is CCNC(=NCc1cc2ccccc2[nH]1)NCC(c1cccs1)N1CCCC1. The molecule has 148 valence electrons. The number of guanidine groups is 1. The van der Waals surface area contributed by atoms with Crippen molar-refractivity contribution in [2.45, 2.75) is 32.4 Å². The van der Waals surface area contributed by atoms with Gasteiger partial charge >= 0.3 is 0 Å². The zero-order valence-corrected chi connectivity index (χ0v) is 17.3. The number of thiophene rings is 1. The van der Waals surface area contributed by atoms with Crippen molar-refractivity contribution in [3.05, 3.63) is 58.4 Å². The zero-order chi connectivity index (χ0) is 19.2. The molecule has 0 aliphatic carbocycles. The van der Waals surface area contributed by atoms with Crippen molar-refractivity contribution in [3.63, 3.8) is 0 Å². The summed E-state index contributed by atoms with van der Waals surface area (Å²) in [6, 6.07) is 15.4. The first kappa shape index (κ1) is 19.0. The summed E-state index contributed by atoms with van der Waals surface area (Å²) >= 11 is 1.85. The minimum absolute atomic E-state index is 0.416. The van der Waals surface area contributed by atoms with E-state index in [0.717, 1.165) is 30.3 Å². The Kier molecular flexibility index (Phi) is 6.29. The van der Waals surface area contributed by atoms with Gasteiger partial charge in [-0.2, -0.15) is 0 Å². The van der Waals surface area contributed by atoms with Gasteiger partial charge in [-0.15, -0.1) is 11.3 Å². The molecule has 1 atom stereocenters. The van der Waals surface area contributed by atoms with Crippen molar-refractivity contribution < 1.29 is 0 Å². The van der Waals surface area contributed by atoms with Crippen LogP contribution < -0.4 is 10.6 Å². The summed E-state index contributed by atoms with van der Waals surface area (Å²) < 4.78 is 0. The van der Waals surface area contributed by atoms with Gasteiger partial charge in [0.1, 0.15) is 0 Å². The average Bonchev–Trinajstić information content (AvgIpc) is 3.47. The molecule has 3 heterocycles. The largest absolute Gasteiger partial charge is 0.357 e. The Morgan fingerprint density at radius 3 is 2.79 bits per heavy atom. The highest BCUT2D eigenvalue weighted by molar-refractivity contribution is 7.10. The predicted molar refractivity (Wildman–Crippen MR) is 119 cm³/mol. The van der Waals surface area contributed by atoms with Crippen LogP contribution in [0.4, 0.5) is 0 Å². The number of para-hydroxylation sites is 1. The molecule has 6 heteroatoms. The molecule has 3 N–H and O–H groups in total. The van der Waals surface area contributed by atoms with E-state index in [1.165, 1.54) is 36.2 Å². The van der Waals surface area contributed by atoms with E-state index in [4.69, 9.17) is 4.99 Å². The van der Waals surface area contributed by atoms with Crippen LogP contribution in [0.15, 0.2) is 52.8 Å². The fourth-order valence-electron chi connectivity index (χ4n) is 3.86. The number of likely N-dealkylation sites (tertiary alicyclic amines) is 1. The lowest BCUT2D eigenvalue weighted by molar-refractivity contribution is 0.249. The van der Waals surface area contributed by atoms with Gasteiger partial charge < -0.3 is 15.6 Å². The summed E-state index contributed by atoms with van der Waals surface area (Å²) in [5.74, 6) is 0.877. The summed E-state index contributed by atoms with van der Waals surface area (Å²) in [7, 11) is 0. The van der Waals surface area contributed by atoms with Crippen LogP contribution in [0.2, 0.25) is 0 Å². The van der Waals surface area contributed by atoms with E-state index in [1.807, 2.05) is 11.3 Å². The fraction of sp³-hybridized carbons (Fsp3) is 0.409. The molecule has 0 saturated carbocycles. The summed E-state index contributed by atoms with van der Waals surface area (Å²) in [6.45, 7) is 6.85. The standard InChI is InChI=1S/C22H29N5S/c1-2-23-22(24-15-18-14-17-8-3-4-9-19(17)26-18)25-16-20(21-10-7-13-28-21)27-11-5-6-12-27/h3-4,7-10,13-14,20,26H,2,5-6,11-12,15-16H2,1H3,(H2,23,24,25). The van der Waals surface area contributed by atoms with Crippen LogP contribution in [0.1, 0.15) is 36.4 Å². The van der Waals surface area contributed by atoms with Gasteiger partial charge in [0, 0.05) is 29.2 Å². The van der Waals surface area contributed by atoms with Crippen molar-refractivity contribution in [2.75, 3.05) is 26.2 Å². The highest BCUT2D eigenvalue weighted by Gasteiger charge is 2.24. The number of fused-ring (bicyclic) bond motifs is 1. The van der Waals surface area contributed by atoms with Crippen molar-refractivity contribution in [1.29, 1.82) is 0 Å². The molecule has 5 nitrogen and oxygen atoms in total. The number of hydrogen-bond acceptors (Lipinski definition) is 3. The van der Waals surface area contributed by atoms with Crippen molar-refractivity contribution >= 4 is 28.2 Å². The Bertz CT molecular complexity index is 860. The fourth-order valence-corrected chi connectivity index (χ4v) is 4.72. The van der Waals surface area contributed by atoms with Gasteiger partial charge in [-0.3, -0.25) is 4.90 Å². The smallest absolute Gasteiger partial charge is 0.191 e. The van der Waals surface area contributed by atoms with Gasteiger partial charge in [0.05, 0.1) is 12.6 Å². The number of hydrogen-bond donors (Lipinski definition) is 3. The van der Waals surface area contributed by atoms with Crippen LogP contribution in [0, 0.1) is 0 Å². The quantitative estimate of drug-likeness (QED) is 0.417. The Morgan fingerprint density at radius 2 is 2.04 bits per heavy atom. The molecule has 2 aromatic heterocycles. The minimum Gasteiger partial charge on any atom is -0.357 e. The van der Waals surface area contributed by atoms with Gasteiger partial charge in [-0.25, -0.2) is 4.99 Å². The summed E-state index contributed by atoms with van der Waals surface area (Å²) in [6.07, 6.45) is 2.60. The van der Waals surface area contributed by atoms with Gasteiger partial charge in [0.15, 0.2) is 5.96 Å². The first-order chi connectivity index (χ1) is 13.8. The first-order valence-corrected chi connectivity index (χ1v) is 11.1. The first-order valence-electron chi connectivity index (χ1n) is 10.2. The molecule has 4 rings (SSSR count). The number of aliphatic imine (C=N–C) groups is 1. The van der Waals surface area contributed by atoms with E-state index in [2.05, 4.69) is 75.3 Å². The normalized spacial score (nSPS) is 16.5. The topological polar surface area (TPSA) is 55.5 Å². The summed E-state index contributed by atoms with van der Waals surface area (Å²) in [5, 5.41) is 10.4. The van der Waals surface area contributed by atoms with E-state index in [-0.39, 0.29) is 0 Å². The third-order valence-electron chi connectivity index (χ3n) is 5.25. The molecule has 1 saturated heterocycles. The molecular weight excluding hydrogens is 366 g/mol. The lowest BCUT2D eigenvalue weighted by Crippen LogP contribution is -2.42. The third kappa shape index (κ3) is 4.56. The zero-order valence-electron chi connectivity index (χ0n) is 16.4. The molecule has 1 unspecified atom stereocenters. The molecule has 0 amide bonds. The van der Waals surface area contributed by atoms with Gasteiger partial charge in [0.2, 0.25) is 0 Å². The number of nitrogens with one attached hydrogen (secondary N) is 3. The molecule has 3 aromatic rings. The van der Waals surface area contributed by atoms with Crippen molar-refractivity contribution in [2.24, 2.45) is 4.99 Å². The Morgan fingerprint density at radius 1 is 1.18 bits per heavy atom. The van der Waals surface area contributed by atoms with Crippen molar-refractivity contribution in [3.8, 4) is 0 Å². The maximum atomic E-state index is 4.81. The van der Waals surface area contributed by atoms with E-state index in [0.29, 0.717) is 12.6 Å². The molecule has 1 aliphatic rings. The molecule has 0 spiro atoms. The van der Waals surface area contributed by atoms with E-state index < -0.39 is 0 Å². The maximum absolute atomic E-state index is 4.81. The van der Waals surface area contributed by atoms with Crippen LogP contribution in [0.5, 0.6) is 0 Å². The van der Waals surface area contributed by atoms with Gasteiger partial charge in [0.25, 0.3) is 0 Å². The van der Waals surface area contributed by atoms with E-state index in [1.54, 1.807) is 0 Å². The minimum atomic E-state index is 0.416. The lowest BCUT2D eigenvalue weighted by atomic mass is 10.2. The van der Waals surface area contributed by atoms with E-state index >= 15 is 0 Å². The van der Waals surface area contributed by atoms with Crippen LogP contribution in [0.25, 0.3) is 10.9 Å². The monoisotopic (exact) mass is 395 g/mol. The molecule has 1 aliphatic heterocycles. The number of benzene rings is 1. The molecule has 1 aromatic carbocycles. The van der Waals surface area contributed by atoms with Crippen molar-refractivity contribution in [1.82, 2.24) is 20.5 Å². The Labute approximate surface area is 170 Å². The Hall–Kier alpha value is -2.31. The number of aromatic nitrogens is 1. The maximum Gasteiger partial charge on any atom is 0.191 e. The highest BCUT2D eigenvalue weighted by Crippen LogP contribution is 2.27. The second-order valence-electron chi connectivity index (χ2n) is 7.23. The number of rotatable bonds is 7. The average molecular weight is 396 g/mol. The molecular formula is C22H29N5S. The lowest BCUT2D eigenvalue weighted by Gasteiger charge is -2.27. The third-order valence-corrected chi connectivity index (χ3v) is 6.23. The van der Waals surface area contributed by atoms with Gasteiger partial charge in [-0.05, 0) is 61.8 Å². The number of H-pyrrole nitrogens is 1. The second kappa shape index (κ2) is 9.26. The summed E-state index contributed by atoms with van der Waals surface area (Å²) in [5.41, 5.74) is 2.30. The van der Waals surface area contributed by atoms with E-state index in [9.17, 15) is 0 Å². The predicted octanol–water partition coefficient (Wildman–Crippen LogP) is 4.12. The van der Waals surface area contributed by atoms with Crippen LogP contribution >= 0.6 is 11.3 Å². The van der Waals surface area contributed by atoms with Crippen LogP contribution in [-0.4, -0.2) is 42.0 Å².